The van der Waals surface area contributed by atoms with Gasteiger partial charge in [0.15, 0.2) is 16.5 Å². The third-order valence-electron chi connectivity index (χ3n) is 5.76. The number of hydrogen-bond donors (Lipinski definition) is 1. The maximum atomic E-state index is 11.7. The van der Waals surface area contributed by atoms with Crippen LogP contribution in [0.25, 0.3) is 0 Å². The zero-order chi connectivity index (χ0) is 18.9. The summed E-state index contributed by atoms with van der Waals surface area (Å²) in [5, 5.41) is 4.50. The topological polar surface area (TPSA) is 69.5 Å². The Morgan fingerprint density at radius 3 is 2.59 bits per heavy atom. The summed E-state index contributed by atoms with van der Waals surface area (Å²) in [7, 11) is -2.95. The molecule has 1 atom stereocenters. The molecule has 8 heteroatoms. The van der Waals surface area contributed by atoms with Crippen LogP contribution in [0.15, 0.2) is 34.7 Å². The van der Waals surface area contributed by atoms with Gasteiger partial charge in [-0.3, -0.25) is 0 Å². The van der Waals surface area contributed by atoms with Gasteiger partial charge < -0.3 is 9.32 Å². The smallest absolute Gasteiger partial charge is 0.291 e. The van der Waals surface area contributed by atoms with Gasteiger partial charge in [-0.15, -0.1) is 5.10 Å². The van der Waals surface area contributed by atoms with Crippen LogP contribution in [0.3, 0.4) is 0 Å². The minimum Gasteiger partial charge on any atom is -0.413 e. The second-order valence-corrected chi connectivity index (χ2v) is 10.4. The van der Waals surface area contributed by atoms with E-state index in [-0.39, 0.29) is 17.4 Å². The Labute approximate surface area is 165 Å². The Hall–Kier alpha value is -1.51. The zero-order valence-corrected chi connectivity index (χ0v) is 17.0. The highest BCUT2D eigenvalue weighted by Gasteiger charge is 2.33. The monoisotopic (exact) mass is 408 g/mol. The van der Waals surface area contributed by atoms with E-state index in [2.05, 4.69) is 35.4 Å². The third kappa shape index (κ3) is 4.67. The van der Waals surface area contributed by atoms with Crippen molar-refractivity contribution in [2.75, 3.05) is 24.6 Å². The number of sulfone groups is 1. The lowest BCUT2D eigenvalue weighted by Crippen LogP contribution is -3.12. The van der Waals surface area contributed by atoms with Crippen LogP contribution in [0.1, 0.15) is 36.6 Å². The fourth-order valence-electron chi connectivity index (χ4n) is 4.18. The molecule has 0 radical (unpaired) electrons. The molecule has 2 fully saturated rings. The number of rotatable bonds is 5. The number of nitrogens with zero attached hydrogens (tertiary/aromatic N) is 2. The summed E-state index contributed by atoms with van der Waals surface area (Å²) in [6, 6.07) is 10.7. The molecule has 4 rings (SSSR count). The highest BCUT2D eigenvalue weighted by Crippen LogP contribution is 2.27. The molecule has 2 aromatic rings. The molecule has 0 amide bonds. The number of nitrogens with one attached hydrogen (secondary N) is 1. The van der Waals surface area contributed by atoms with Crippen LogP contribution in [0.4, 0.5) is 0 Å². The van der Waals surface area contributed by atoms with Crippen molar-refractivity contribution in [3.63, 3.8) is 0 Å². The molecule has 0 spiro atoms. The Bertz CT molecular complexity index is 929. The second-order valence-electron chi connectivity index (χ2n) is 7.85. The van der Waals surface area contributed by atoms with Gasteiger partial charge in [0.1, 0.15) is 0 Å². The lowest BCUT2D eigenvalue weighted by molar-refractivity contribution is -0.929. The molecule has 1 N–H and O–H groups in total. The van der Waals surface area contributed by atoms with Crippen molar-refractivity contribution in [3.05, 3.63) is 46.6 Å². The molecular formula is C19H26N3O3S2+. The minimum atomic E-state index is -2.95. The Balaban J connectivity index is 1.32. The first-order chi connectivity index (χ1) is 13.0. The Kier molecular flexibility index (Phi) is 5.48. The Morgan fingerprint density at radius 2 is 1.93 bits per heavy atom. The first-order valence-electron chi connectivity index (χ1n) is 9.64. The second kappa shape index (κ2) is 7.85. The average Bonchev–Trinajstić information content (AvgIpc) is 3.20. The molecule has 0 aliphatic carbocycles. The minimum absolute atomic E-state index is 0.125. The summed E-state index contributed by atoms with van der Waals surface area (Å²) in [6.45, 7) is 2.89. The highest BCUT2D eigenvalue weighted by molar-refractivity contribution is 7.91. The maximum absolute atomic E-state index is 11.7. The van der Waals surface area contributed by atoms with Crippen LogP contribution in [0.2, 0.25) is 0 Å². The van der Waals surface area contributed by atoms with Crippen molar-refractivity contribution in [1.82, 2.24) is 9.78 Å². The van der Waals surface area contributed by atoms with Crippen LogP contribution in [-0.4, -0.2) is 42.8 Å². The molecule has 2 aliphatic rings. The molecule has 6 nitrogen and oxygen atoms in total. The van der Waals surface area contributed by atoms with E-state index in [1.165, 1.54) is 23.3 Å². The van der Waals surface area contributed by atoms with Crippen molar-refractivity contribution in [2.45, 2.75) is 38.3 Å². The molecule has 1 aromatic carbocycles. The van der Waals surface area contributed by atoms with Crippen molar-refractivity contribution < 1.29 is 17.7 Å². The largest absolute Gasteiger partial charge is 0.413 e. The van der Waals surface area contributed by atoms with E-state index in [4.69, 9.17) is 16.6 Å². The van der Waals surface area contributed by atoms with Crippen molar-refractivity contribution in [2.24, 2.45) is 5.92 Å². The molecule has 0 unspecified atom stereocenters. The summed E-state index contributed by atoms with van der Waals surface area (Å²) in [5.41, 5.74) is 1.42. The predicted octanol–water partition coefficient (Wildman–Crippen LogP) is 1.60. The van der Waals surface area contributed by atoms with E-state index in [0.717, 1.165) is 25.4 Å². The molecule has 0 bridgehead atoms. The average molecular weight is 409 g/mol. The predicted molar refractivity (Wildman–Crippen MR) is 105 cm³/mol. The van der Waals surface area contributed by atoms with Crippen LogP contribution < -0.4 is 4.90 Å². The van der Waals surface area contributed by atoms with Crippen LogP contribution in [0.5, 0.6) is 0 Å². The maximum Gasteiger partial charge on any atom is 0.291 e. The lowest BCUT2D eigenvalue weighted by atomic mass is 9.90. The molecule has 1 aromatic heterocycles. The van der Waals surface area contributed by atoms with Gasteiger partial charge in [0.25, 0.3) is 4.84 Å². The molecule has 3 heterocycles. The van der Waals surface area contributed by atoms with Crippen molar-refractivity contribution in [3.8, 4) is 0 Å². The first-order valence-corrected chi connectivity index (χ1v) is 11.9. The SMILES string of the molecule is O=S1(=O)CC[C@@H](c2nn(C[NH+]3CCC(Cc4ccccc4)CC3)c(=S)o2)C1. The van der Waals surface area contributed by atoms with Gasteiger partial charge in [0.05, 0.1) is 30.5 Å². The molecule has 27 heavy (non-hydrogen) atoms. The summed E-state index contributed by atoms with van der Waals surface area (Å²) in [5.74, 6) is 1.41. The van der Waals surface area contributed by atoms with E-state index in [0.29, 0.717) is 23.8 Å². The van der Waals surface area contributed by atoms with Gasteiger partial charge in [-0.2, -0.15) is 4.68 Å². The number of hydrogen-bond acceptors (Lipinski definition) is 5. The van der Waals surface area contributed by atoms with Gasteiger partial charge >= 0.3 is 0 Å². The number of piperidine rings is 1. The molecule has 0 saturated carbocycles. The van der Waals surface area contributed by atoms with E-state index in [1.54, 1.807) is 4.68 Å². The van der Waals surface area contributed by atoms with Crippen molar-refractivity contribution in [1.29, 1.82) is 0 Å². The standard InChI is InChI=1S/C19H25N3O3S2/c23-27(24)11-8-17(13-27)18-20-22(19(26)25-18)14-21-9-6-16(7-10-21)12-15-4-2-1-3-5-15/h1-5,16-17H,6-14H2/p+1/t17-/m1/s1. The summed E-state index contributed by atoms with van der Waals surface area (Å²) in [4.78, 5) is 1.81. The van der Waals surface area contributed by atoms with Crippen LogP contribution in [0, 0.1) is 10.8 Å². The van der Waals surface area contributed by atoms with E-state index >= 15 is 0 Å². The normalized spacial score (nSPS) is 27.6. The van der Waals surface area contributed by atoms with Gasteiger partial charge in [0, 0.05) is 0 Å². The lowest BCUT2D eigenvalue weighted by Gasteiger charge is -2.28. The van der Waals surface area contributed by atoms with Crippen LogP contribution in [-0.2, 0) is 22.9 Å². The molecule has 2 saturated heterocycles. The fourth-order valence-corrected chi connectivity index (χ4v) is 6.11. The molecule has 146 valence electrons. The van der Waals surface area contributed by atoms with Gasteiger partial charge in [0.2, 0.25) is 5.89 Å². The number of quaternary nitrogens is 1. The number of benzene rings is 1. The first kappa shape index (κ1) is 18.8. The van der Waals surface area contributed by atoms with E-state index in [9.17, 15) is 8.42 Å². The number of likely N-dealkylation sites (tertiary alicyclic amines) is 1. The quantitative estimate of drug-likeness (QED) is 0.761. The molecule has 2 aliphatic heterocycles. The van der Waals surface area contributed by atoms with Crippen LogP contribution >= 0.6 is 12.2 Å². The van der Waals surface area contributed by atoms with Gasteiger partial charge in [-0.1, -0.05) is 30.3 Å². The van der Waals surface area contributed by atoms with Gasteiger partial charge in [-0.05, 0) is 49.4 Å². The number of aromatic nitrogens is 2. The van der Waals surface area contributed by atoms with Gasteiger partial charge in [-0.25, -0.2) is 8.42 Å². The van der Waals surface area contributed by atoms with E-state index in [1.807, 2.05) is 0 Å². The summed E-state index contributed by atoms with van der Waals surface area (Å²) >= 11 is 5.31. The fraction of sp³-hybridized carbons (Fsp3) is 0.579. The summed E-state index contributed by atoms with van der Waals surface area (Å²) in [6.07, 6.45) is 4.12. The summed E-state index contributed by atoms with van der Waals surface area (Å²) < 4.78 is 30.7. The zero-order valence-electron chi connectivity index (χ0n) is 15.3. The highest BCUT2D eigenvalue weighted by atomic mass is 32.2. The third-order valence-corrected chi connectivity index (χ3v) is 7.82. The Morgan fingerprint density at radius 1 is 1.19 bits per heavy atom. The van der Waals surface area contributed by atoms with E-state index < -0.39 is 9.84 Å². The molecular weight excluding hydrogens is 382 g/mol. The van der Waals surface area contributed by atoms with Crippen molar-refractivity contribution >= 4 is 22.1 Å².